The summed E-state index contributed by atoms with van der Waals surface area (Å²) in [5.41, 5.74) is 1.71. The van der Waals surface area contributed by atoms with Crippen LogP contribution in [-0.2, 0) is 14.3 Å². The average Bonchev–Trinajstić information content (AvgIpc) is 2.39. The van der Waals surface area contributed by atoms with Gasteiger partial charge in [0.15, 0.2) is 0 Å². The molecule has 0 heterocycles. The second-order valence-corrected chi connectivity index (χ2v) is 4.75. The van der Waals surface area contributed by atoms with Gasteiger partial charge in [-0.25, -0.2) is 0 Å². The molecule has 1 amide bonds. The molecule has 1 N–H and O–H groups in total. The van der Waals surface area contributed by atoms with Crippen molar-refractivity contribution in [1.29, 1.82) is 0 Å². The van der Waals surface area contributed by atoms with Gasteiger partial charge in [-0.05, 0) is 38.5 Å². The van der Waals surface area contributed by atoms with E-state index in [1.807, 2.05) is 39.0 Å². The first-order valence-corrected chi connectivity index (χ1v) is 6.66. The number of anilines is 1. The zero-order chi connectivity index (χ0) is 15.0. The molecule has 0 unspecified atom stereocenters. The molecule has 5 heteroatoms. The summed E-state index contributed by atoms with van der Waals surface area (Å²) in [5.74, 6) is 0.444. The molecule has 5 nitrogen and oxygen atoms in total. The Bertz CT molecular complexity index is 432. The number of hydrogen-bond acceptors (Lipinski definition) is 4. The van der Waals surface area contributed by atoms with Crippen LogP contribution in [0.15, 0.2) is 18.2 Å². The summed E-state index contributed by atoms with van der Waals surface area (Å²) in [5, 5.41) is 2.79. The Morgan fingerprint density at radius 2 is 2.05 bits per heavy atom. The van der Waals surface area contributed by atoms with E-state index >= 15 is 0 Å². The Kier molecular flexibility index (Phi) is 7.04. The van der Waals surface area contributed by atoms with Crippen LogP contribution in [0.1, 0.15) is 19.4 Å². The van der Waals surface area contributed by atoms with Crippen molar-refractivity contribution >= 4 is 11.6 Å². The summed E-state index contributed by atoms with van der Waals surface area (Å²) < 4.78 is 15.8. The van der Waals surface area contributed by atoms with E-state index in [1.165, 1.54) is 0 Å². The highest BCUT2D eigenvalue weighted by molar-refractivity contribution is 5.93. The fourth-order valence-electron chi connectivity index (χ4n) is 1.52. The summed E-state index contributed by atoms with van der Waals surface area (Å²) in [6.45, 7) is 6.71. The van der Waals surface area contributed by atoms with Crippen LogP contribution in [0, 0.1) is 6.92 Å². The molecule has 0 atom stereocenters. The lowest BCUT2D eigenvalue weighted by atomic mass is 10.2. The number of amides is 1. The van der Waals surface area contributed by atoms with Crippen molar-refractivity contribution in [2.24, 2.45) is 0 Å². The van der Waals surface area contributed by atoms with Crippen molar-refractivity contribution in [2.75, 3.05) is 32.2 Å². The van der Waals surface area contributed by atoms with Gasteiger partial charge >= 0.3 is 0 Å². The van der Waals surface area contributed by atoms with Crippen LogP contribution >= 0.6 is 0 Å². The number of ether oxygens (including phenoxy) is 3. The molecule has 0 spiro atoms. The first kappa shape index (κ1) is 16.5. The molecular formula is C15H23NO4. The predicted molar refractivity (Wildman–Crippen MR) is 78.3 cm³/mol. The van der Waals surface area contributed by atoms with Crippen molar-refractivity contribution in [3.63, 3.8) is 0 Å². The number of nitrogens with one attached hydrogen (secondary N) is 1. The lowest BCUT2D eigenvalue weighted by Gasteiger charge is -2.14. The van der Waals surface area contributed by atoms with Crippen LogP contribution in [0.3, 0.4) is 0 Å². The maximum absolute atomic E-state index is 11.8. The van der Waals surface area contributed by atoms with Crippen LogP contribution in [0.25, 0.3) is 0 Å². The van der Waals surface area contributed by atoms with Crippen LogP contribution < -0.4 is 10.1 Å². The van der Waals surface area contributed by atoms with Gasteiger partial charge in [-0.3, -0.25) is 4.79 Å². The molecule has 0 radical (unpaired) electrons. The van der Waals surface area contributed by atoms with Gasteiger partial charge in [0.2, 0.25) is 5.91 Å². The largest absolute Gasteiger partial charge is 0.489 e. The number of aryl methyl sites for hydroxylation is 1. The minimum Gasteiger partial charge on any atom is -0.489 e. The van der Waals surface area contributed by atoms with Crippen LogP contribution in [0.5, 0.6) is 5.75 Å². The van der Waals surface area contributed by atoms with Crippen molar-refractivity contribution in [3.8, 4) is 5.75 Å². The van der Waals surface area contributed by atoms with Gasteiger partial charge in [-0.15, -0.1) is 0 Å². The second-order valence-electron chi connectivity index (χ2n) is 4.75. The van der Waals surface area contributed by atoms with Gasteiger partial charge in [0.1, 0.15) is 19.0 Å². The summed E-state index contributed by atoms with van der Waals surface area (Å²) in [7, 11) is 1.62. The lowest BCUT2D eigenvalue weighted by molar-refractivity contribution is -0.121. The molecule has 20 heavy (non-hydrogen) atoms. The molecule has 0 aliphatic heterocycles. The molecule has 112 valence electrons. The summed E-state index contributed by atoms with van der Waals surface area (Å²) in [6.07, 6.45) is 0.0243. The van der Waals surface area contributed by atoms with Gasteiger partial charge in [0.25, 0.3) is 0 Å². The molecule has 0 aromatic heterocycles. The molecule has 1 aromatic carbocycles. The first-order valence-electron chi connectivity index (χ1n) is 6.66. The molecule has 0 fully saturated rings. The fraction of sp³-hybridized carbons (Fsp3) is 0.533. The van der Waals surface area contributed by atoms with Crippen LogP contribution in [-0.4, -0.2) is 38.9 Å². The van der Waals surface area contributed by atoms with Crippen LogP contribution in [0.4, 0.5) is 5.69 Å². The Hall–Kier alpha value is -1.59. The van der Waals surface area contributed by atoms with Gasteiger partial charge in [-0.1, -0.05) is 6.07 Å². The van der Waals surface area contributed by atoms with E-state index in [4.69, 9.17) is 14.2 Å². The van der Waals surface area contributed by atoms with Crippen molar-refractivity contribution in [3.05, 3.63) is 23.8 Å². The number of carbonyl (C=O) groups is 1. The highest BCUT2D eigenvalue weighted by Crippen LogP contribution is 2.25. The number of benzene rings is 1. The molecule has 1 rings (SSSR count). The average molecular weight is 281 g/mol. The molecule has 0 aliphatic rings. The molecule has 0 saturated carbocycles. The van der Waals surface area contributed by atoms with Gasteiger partial charge in [0, 0.05) is 7.11 Å². The van der Waals surface area contributed by atoms with Crippen molar-refractivity contribution in [2.45, 2.75) is 26.9 Å². The van der Waals surface area contributed by atoms with Crippen LogP contribution in [0.2, 0.25) is 0 Å². The van der Waals surface area contributed by atoms with Gasteiger partial charge in [0.05, 0.1) is 18.4 Å². The number of hydrogen-bond donors (Lipinski definition) is 1. The van der Waals surface area contributed by atoms with Crippen molar-refractivity contribution in [1.82, 2.24) is 0 Å². The second kappa shape index (κ2) is 8.55. The van der Waals surface area contributed by atoms with E-state index in [-0.39, 0.29) is 18.6 Å². The summed E-state index contributed by atoms with van der Waals surface area (Å²) >= 11 is 0. The van der Waals surface area contributed by atoms with E-state index < -0.39 is 0 Å². The van der Waals surface area contributed by atoms with E-state index in [0.717, 1.165) is 5.56 Å². The third-order valence-electron chi connectivity index (χ3n) is 2.50. The minimum absolute atomic E-state index is 0.0243. The Morgan fingerprint density at radius 3 is 2.70 bits per heavy atom. The summed E-state index contributed by atoms with van der Waals surface area (Å²) in [6, 6.07) is 5.63. The number of methoxy groups -OCH3 is 1. The van der Waals surface area contributed by atoms with E-state index in [2.05, 4.69) is 5.32 Å². The van der Waals surface area contributed by atoms with E-state index in [1.54, 1.807) is 7.11 Å². The Morgan fingerprint density at radius 1 is 1.30 bits per heavy atom. The quantitative estimate of drug-likeness (QED) is 0.743. The first-order chi connectivity index (χ1) is 9.52. The Labute approximate surface area is 120 Å². The topological polar surface area (TPSA) is 56.8 Å². The summed E-state index contributed by atoms with van der Waals surface area (Å²) in [4.78, 5) is 11.8. The zero-order valence-electron chi connectivity index (χ0n) is 12.6. The number of rotatable bonds is 8. The SMILES string of the molecule is COCCOc1cc(C)ccc1NC(=O)COC(C)C. The van der Waals surface area contributed by atoms with Gasteiger partial charge in [-0.2, -0.15) is 0 Å². The highest BCUT2D eigenvalue weighted by Gasteiger charge is 2.09. The zero-order valence-corrected chi connectivity index (χ0v) is 12.6. The lowest BCUT2D eigenvalue weighted by Crippen LogP contribution is -2.21. The molecule has 0 bridgehead atoms. The predicted octanol–water partition coefficient (Wildman–Crippen LogP) is 2.38. The minimum atomic E-state index is -0.195. The van der Waals surface area contributed by atoms with Crippen molar-refractivity contribution < 1.29 is 19.0 Å². The highest BCUT2D eigenvalue weighted by atomic mass is 16.5. The Balaban J connectivity index is 2.65. The van der Waals surface area contributed by atoms with E-state index in [9.17, 15) is 4.79 Å². The molecule has 0 saturated heterocycles. The molecule has 0 aliphatic carbocycles. The monoisotopic (exact) mass is 281 g/mol. The van der Waals surface area contributed by atoms with Gasteiger partial charge < -0.3 is 19.5 Å². The standard InChI is InChI=1S/C15H23NO4/c1-11(2)20-10-15(17)16-13-6-5-12(3)9-14(13)19-8-7-18-4/h5-6,9,11H,7-8,10H2,1-4H3,(H,16,17). The van der Waals surface area contributed by atoms with E-state index in [0.29, 0.717) is 24.7 Å². The maximum Gasteiger partial charge on any atom is 0.250 e. The third kappa shape index (κ3) is 6.04. The number of carbonyl (C=O) groups excluding carboxylic acids is 1. The maximum atomic E-state index is 11.8. The normalized spacial score (nSPS) is 10.7. The smallest absolute Gasteiger partial charge is 0.250 e. The molecular weight excluding hydrogens is 258 g/mol. The third-order valence-corrected chi connectivity index (χ3v) is 2.50. The molecule has 1 aromatic rings. The fourth-order valence-corrected chi connectivity index (χ4v) is 1.52.